The maximum atomic E-state index is 13.0. The standard InChI is InChI=1S/C22H26N4O4S/c1-5-6-9-14-12-23-20-18(21(28)26(3)22(29)25(20)2)19(14)31-13-17(27)24-15-10-7-8-11-16(15)30-4/h7-8,10-12,18H,5-6,9,13H2,1-4H3/p+1. The van der Waals surface area contributed by atoms with Gasteiger partial charge in [0, 0.05) is 4.91 Å². The summed E-state index contributed by atoms with van der Waals surface area (Å²) in [5.41, 5.74) is 1.53. The van der Waals surface area contributed by atoms with Gasteiger partial charge in [-0.15, -0.1) is 16.8 Å². The van der Waals surface area contributed by atoms with Crippen molar-refractivity contribution in [2.45, 2.75) is 26.2 Å². The van der Waals surface area contributed by atoms with E-state index < -0.39 is 11.9 Å². The average Bonchev–Trinajstić information content (AvgIpc) is 2.78. The molecule has 0 radical (unpaired) electrons. The maximum absolute atomic E-state index is 13.0. The molecule has 0 fully saturated rings. The number of anilines is 1. The van der Waals surface area contributed by atoms with Crippen LogP contribution in [0.15, 0.2) is 39.7 Å². The Balaban J connectivity index is 1.85. The lowest BCUT2D eigenvalue weighted by molar-refractivity contribution is -0.407. The van der Waals surface area contributed by atoms with E-state index in [4.69, 9.17) is 4.74 Å². The fraction of sp³-hybridized carbons (Fsp3) is 0.409. The number of methoxy groups -OCH3 is 1. The van der Waals surface area contributed by atoms with Gasteiger partial charge in [0.05, 0.1) is 32.6 Å². The Hall–Kier alpha value is -2.94. The number of imide groups is 1. The largest absolute Gasteiger partial charge is 0.495 e. The third-order valence-electron chi connectivity index (χ3n) is 5.22. The SMILES string of the molecule is CCCCC1=C(SCC(=O)Nc2ccccc2OC)C2C(=O)N(C)C(=O)[N+](C)=C2N=C1. The van der Waals surface area contributed by atoms with Crippen molar-refractivity contribution in [2.24, 2.45) is 10.9 Å². The smallest absolute Gasteiger partial charge is 0.445 e. The molecule has 0 spiro atoms. The summed E-state index contributed by atoms with van der Waals surface area (Å²) in [6.07, 6.45) is 4.43. The van der Waals surface area contributed by atoms with Crippen molar-refractivity contribution in [2.75, 3.05) is 32.3 Å². The molecule has 1 N–H and O–H groups in total. The van der Waals surface area contributed by atoms with Crippen LogP contribution in [0.5, 0.6) is 5.75 Å². The first-order valence-electron chi connectivity index (χ1n) is 10.1. The van der Waals surface area contributed by atoms with Crippen molar-refractivity contribution < 1.29 is 23.7 Å². The van der Waals surface area contributed by atoms with Gasteiger partial charge < -0.3 is 10.1 Å². The number of amidine groups is 1. The van der Waals surface area contributed by atoms with Crippen LogP contribution in [0.4, 0.5) is 10.5 Å². The second kappa shape index (κ2) is 9.91. The molecule has 0 bridgehead atoms. The molecule has 0 saturated heterocycles. The number of carbonyl (C=O) groups is 3. The summed E-state index contributed by atoms with van der Waals surface area (Å²) < 4.78 is 6.68. The Morgan fingerprint density at radius 1 is 1.32 bits per heavy atom. The molecule has 1 atom stereocenters. The molecule has 3 rings (SSSR count). The number of fused-ring (bicyclic) bond motifs is 1. The molecule has 2 aliphatic heterocycles. The summed E-state index contributed by atoms with van der Waals surface area (Å²) in [5, 5.41) is 2.86. The van der Waals surface area contributed by atoms with Crippen molar-refractivity contribution in [3.8, 4) is 5.75 Å². The molecule has 0 aromatic heterocycles. The third-order valence-corrected chi connectivity index (χ3v) is 6.44. The number of nitrogens with one attached hydrogen (secondary N) is 1. The highest BCUT2D eigenvalue weighted by Gasteiger charge is 2.48. The fourth-order valence-corrected chi connectivity index (χ4v) is 4.58. The van der Waals surface area contributed by atoms with Crippen molar-refractivity contribution in [1.82, 2.24) is 4.90 Å². The van der Waals surface area contributed by atoms with Crippen LogP contribution in [-0.4, -0.2) is 66.3 Å². The summed E-state index contributed by atoms with van der Waals surface area (Å²) >= 11 is 1.32. The molecule has 4 amide bonds. The van der Waals surface area contributed by atoms with Gasteiger partial charge in [0.1, 0.15) is 12.0 Å². The number of dihydropyridines is 1. The Bertz CT molecular complexity index is 999. The Labute approximate surface area is 186 Å². The van der Waals surface area contributed by atoms with E-state index in [9.17, 15) is 14.4 Å². The number of rotatable bonds is 8. The van der Waals surface area contributed by atoms with Crippen molar-refractivity contribution in [3.05, 3.63) is 34.7 Å². The van der Waals surface area contributed by atoms with E-state index >= 15 is 0 Å². The molecular weight excluding hydrogens is 416 g/mol. The Morgan fingerprint density at radius 2 is 2.06 bits per heavy atom. The van der Waals surface area contributed by atoms with Gasteiger partial charge in [-0.25, -0.2) is 4.79 Å². The molecule has 8 nitrogen and oxygen atoms in total. The minimum atomic E-state index is -0.673. The number of ether oxygens (including phenoxy) is 1. The average molecular weight is 444 g/mol. The van der Waals surface area contributed by atoms with Crippen LogP contribution >= 0.6 is 11.8 Å². The van der Waals surface area contributed by atoms with Gasteiger partial charge in [-0.2, -0.15) is 9.48 Å². The van der Waals surface area contributed by atoms with Crippen LogP contribution < -0.4 is 10.1 Å². The highest BCUT2D eigenvalue weighted by molar-refractivity contribution is 8.03. The van der Waals surface area contributed by atoms with E-state index in [1.54, 1.807) is 32.5 Å². The van der Waals surface area contributed by atoms with E-state index in [2.05, 4.69) is 17.2 Å². The molecule has 0 saturated carbocycles. The van der Waals surface area contributed by atoms with E-state index in [0.29, 0.717) is 17.3 Å². The summed E-state index contributed by atoms with van der Waals surface area (Å²) in [4.78, 5) is 44.3. The summed E-state index contributed by atoms with van der Waals surface area (Å²) in [5.74, 6) is -0.101. The van der Waals surface area contributed by atoms with Crippen LogP contribution in [0.2, 0.25) is 0 Å². The van der Waals surface area contributed by atoms with Gasteiger partial charge in [-0.1, -0.05) is 25.5 Å². The van der Waals surface area contributed by atoms with E-state index in [0.717, 1.165) is 34.6 Å². The molecule has 1 unspecified atom stereocenters. The van der Waals surface area contributed by atoms with Gasteiger partial charge in [-0.3, -0.25) is 9.59 Å². The van der Waals surface area contributed by atoms with Crippen LogP contribution in [0, 0.1) is 5.92 Å². The molecule has 9 heteroatoms. The van der Waals surface area contributed by atoms with Crippen molar-refractivity contribution >= 4 is 47.3 Å². The molecule has 0 aliphatic carbocycles. The normalized spacial score (nSPS) is 18.5. The molecule has 2 aliphatic rings. The molecule has 1 aromatic rings. The molecule has 31 heavy (non-hydrogen) atoms. The Morgan fingerprint density at radius 3 is 2.77 bits per heavy atom. The number of carbonyl (C=O) groups excluding carboxylic acids is 3. The molecule has 164 valence electrons. The highest BCUT2D eigenvalue weighted by atomic mass is 32.2. The number of hydrogen-bond acceptors (Lipinski definition) is 6. The molecule has 1 aromatic carbocycles. The molecular formula is C22H27N4O4S+. The lowest BCUT2D eigenvalue weighted by Crippen LogP contribution is -2.52. The van der Waals surface area contributed by atoms with Gasteiger partial charge in [-0.05, 0) is 30.5 Å². The summed E-state index contributed by atoms with van der Waals surface area (Å²) in [6, 6.07) is 6.78. The van der Waals surface area contributed by atoms with E-state index in [1.807, 2.05) is 12.1 Å². The predicted molar refractivity (Wildman–Crippen MR) is 122 cm³/mol. The first-order valence-corrected chi connectivity index (χ1v) is 11.1. The van der Waals surface area contributed by atoms with E-state index in [1.165, 1.54) is 23.4 Å². The van der Waals surface area contributed by atoms with Crippen LogP contribution in [-0.2, 0) is 9.59 Å². The minimum Gasteiger partial charge on any atom is -0.495 e. The number of benzene rings is 1. The Kier molecular flexibility index (Phi) is 7.27. The monoisotopic (exact) mass is 443 g/mol. The maximum Gasteiger partial charge on any atom is 0.445 e. The topological polar surface area (TPSA) is 91.1 Å². The van der Waals surface area contributed by atoms with Crippen LogP contribution in [0.3, 0.4) is 0 Å². The second-order valence-electron chi connectivity index (χ2n) is 7.32. The number of aliphatic imine (C=N–C) groups is 1. The van der Waals surface area contributed by atoms with E-state index in [-0.39, 0.29) is 17.6 Å². The zero-order valence-corrected chi connectivity index (χ0v) is 19.0. The summed E-state index contributed by atoms with van der Waals surface area (Å²) in [7, 11) is 4.63. The summed E-state index contributed by atoms with van der Waals surface area (Å²) in [6.45, 7) is 2.09. The van der Waals surface area contributed by atoms with Gasteiger partial charge >= 0.3 is 11.9 Å². The number of para-hydroxylation sites is 2. The third kappa shape index (κ3) is 4.71. The number of allylic oxidation sites excluding steroid dienone is 1. The predicted octanol–water partition coefficient (Wildman–Crippen LogP) is 3.14. The zero-order chi connectivity index (χ0) is 22.5. The number of urea groups is 1. The van der Waals surface area contributed by atoms with Crippen molar-refractivity contribution in [1.29, 1.82) is 0 Å². The number of unbranched alkanes of at least 4 members (excludes halogenated alkanes) is 1. The molecule has 2 heterocycles. The lowest BCUT2D eigenvalue weighted by Gasteiger charge is -2.28. The first-order chi connectivity index (χ1) is 14.9. The van der Waals surface area contributed by atoms with Crippen LogP contribution in [0.25, 0.3) is 0 Å². The first kappa shape index (κ1) is 22.7. The van der Waals surface area contributed by atoms with Gasteiger partial charge in [0.25, 0.3) is 5.84 Å². The van der Waals surface area contributed by atoms with Crippen LogP contribution in [0.1, 0.15) is 26.2 Å². The minimum absolute atomic E-state index is 0.120. The number of amides is 4. The number of nitrogens with zero attached hydrogens (tertiary/aromatic N) is 3. The van der Waals surface area contributed by atoms with Gasteiger partial charge in [0.15, 0.2) is 5.92 Å². The lowest BCUT2D eigenvalue weighted by atomic mass is 9.96. The second-order valence-corrected chi connectivity index (χ2v) is 8.34. The number of thioether (sulfide) groups is 1. The highest BCUT2D eigenvalue weighted by Crippen LogP contribution is 2.36. The fourth-order valence-electron chi connectivity index (χ4n) is 3.51. The number of hydrogen-bond donors (Lipinski definition) is 1. The zero-order valence-electron chi connectivity index (χ0n) is 18.2. The quantitative estimate of drug-likeness (QED) is 0.624. The van der Waals surface area contributed by atoms with Gasteiger partial charge in [0.2, 0.25) is 5.91 Å². The van der Waals surface area contributed by atoms with Crippen molar-refractivity contribution in [3.63, 3.8) is 0 Å².